The standard InChI is InChI=1S/C12H24F2N2O/c1-2-6-16-7-3-4-10(5-8-16)15-9-11(17)12(13)14/h10-12,15,17H,2-9H2,1H3. The Labute approximate surface area is 102 Å². The first-order chi connectivity index (χ1) is 8.13. The first-order valence-electron chi connectivity index (χ1n) is 6.55. The second-order valence-electron chi connectivity index (χ2n) is 4.78. The lowest BCUT2D eigenvalue weighted by molar-refractivity contribution is -0.00481. The smallest absolute Gasteiger partial charge is 0.265 e. The zero-order valence-corrected chi connectivity index (χ0v) is 10.5. The van der Waals surface area contributed by atoms with Crippen molar-refractivity contribution in [1.82, 2.24) is 10.2 Å². The number of hydrogen-bond acceptors (Lipinski definition) is 3. The number of aliphatic hydroxyl groups is 1. The Morgan fingerprint density at radius 2 is 2.12 bits per heavy atom. The van der Waals surface area contributed by atoms with Crippen LogP contribution < -0.4 is 5.32 Å². The molecule has 1 saturated heterocycles. The highest BCUT2D eigenvalue weighted by Gasteiger charge is 2.20. The van der Waals surface area contributed by atoms with E-state index < -0.39 is 12.5 Å². The van der Waals surface area contributed by atoms with Crippen LogP contribution in [-0.2, 0) is 0 Å². The summed E-state index contributed by atoms with van der Waals surface area (Å²) in [6.45, 7) is 5.40. The van der Waals surface area contributed by atoms with Gasteiger partial charge in [-0.05, 0) is 45.3 Å². The van der Waals surface area contributed by atoms with Crippen molar-refractivity contribution in [3.63, 3.8) is 0 Å². The van der Waals surface area contributed by atoms with Gasteiger partial charge in [0.05, 0.1) is 0 Å². The van der Waals surface area contributed by atoms with Crippen LogP contribution in [0.25, 0.3) is 0 Å². The summed E-state index contributed by atoms with van der Waals surface area (Å²) in [5.74, 6) is 0. The van der Waals surface area contributed by atoms with Gasteiger partial charge in [0, 0.05) is 12.6 Å². The lowest BCUT2D eigenvalue weighted by atomic mass is 10.1. The Hall–Kier alpha value is -0.260. The van der Waals surface area contributed by atoms with E-state index in [9.17, 15) is 8.78 Å². The van der Waals surface area contributed by atoms with Crippen LogP contribution in [0.2, 0.25) is 0 Å². The van der Waals surface area contributed by atoms with Crippen molar-refractivity contribution in [1.29, 1.82) is 0 Å². The van der Waals surface area contributed by atoms with Crippen LogP contribution >= 0.6 is 0 Å². The Morgan fingerprint density at radius 3 is 2.76 bits per heavy atom. The molecule has 17 heavy (non-hydrogen) atoms. The summed E-state index contributed by atoms with van der Waals surface area (Å²) in [5.41, 5.74) is 0. The molecule has 0 amide bonds. The van der Waals surface area contributed by atoms with Crippen molar-refractivity contribution >= 4 is 0 Å². The molecule has 1 fully saturated rings. The Morgan fingerprint density at radius 1 is 1.35 bits per heavy atom. The van der Waals surface area contributed by atoms with Gasteiger partial charge in [0.2, 0.25) is 0 Å². The van der Waals surface area contributed by atoms with E-state index in [2.05, 4.69) is 17.1 Å². The number of hydrogen-bond donors (Lipinski definition) is 2. The van der Waals surface area contributed by atoms with Crippen molar-refractivity contribution in [2.24, 2.45) is 0 Å². The van der Waals surface area contributed by atoms with Crippen molar-refractivity contribution < 1.29 is 13.9 Å². The highest BCUT2D eigenvalue weighted by molar-refractivity contribution is 4.76. The SMILES string of the molecule is CCCN1CCCC(NCC(O)C(F)F)CC1. The summed E-state index contributed by atoms with van der Waals surface area (Å²) in [7, 11) is 0. The maximum absolute atomic E-state index is 12.1. The van der Waals surface area contributed by atoms with Crippen molar-refractivity contribution in [2.75, 3.05) is 26.2 Å². The fraction of sp³-hybridized carbons (Fsp3) is 1.00. The number of likely N-dealkylation sites (tertiary alicyclic amines) is 1. The van der Waals surface area contributed by atoms with Crippen LogP contribution in [-0.4, -0.2) is 54.8 Å². The van der Waals surface area contributed by atoms with Gasteiger partial charge < -0.3 is 15.3 Å². The summed E-state index contributed by atoms with van der Waals surface area (Å²) >= 11 is 0. The van der Waals surface area contributed by atoms with Gasteiger partial charge in [-0.15, -0.1) is 0 Å². The third-order valence-electron chi connectivity index (χ3n) is 3.27. The second-order valence-corrected chi connectivity index (χ2v) is 4.78. The topological polar surface area (TPSA) is 35.5 Å². The highest BCUT2D eigenvalue weighted by atomic mass is 19.3. The molecule has 2 atom stereocenters. The van der Waals surface area contributed by atoms with Gasteiger partial charge in [-0.3, -0.25) is 0 Å². The fourth-order valence-corrected chi connectivity index (χ4v) is 2.28. The van der Waals surface area contributed by atoms with E-state index in [1.54, 1.807) is 0 Å². The van der Waals surface area contributed by atoms with Gasteiger partial charge in [0.1, 0.15) is 6.10 Å². The van der Waals surface area contributed by atoms with E-state index in [4.69, 9.17) is 5.11 Å². The van der Waals surface area contributed by atoms with E-state index in [1.165, 1.54) is 0 Å². The number of halogens is 2. The maximum atomic E-state index is 12.1. The van der Waals surface area contributed by atoms with Gasteiger partial charge in [-0.2, -0.15) is 0 Å². The third kappa shape index (κ3) is 5.75. The zero-order valence-electron chi connectivity index (χ0n) is 10.5. The van der Waals surface area contributed by atoms with Crippen LogP contribution in [0, 0.1) is 0 Å². The first-order valence-corrected chi connectivity index (χ1v) is 6.55. The summed E-state index contributed by atoms with van der Waals surface area (Å²) in [6, 6.07) is 0.269. The van der Waals surface area contributed by atoms with Crippen LogP contribution in [0.5, 0.6) is 0 Å². The second kappa shape index (κ2) is 7.95. The van der Waals surface area contributed by atoms with Crippen LogP contribution in [0.1, 0.15) is 32.6 Å². The first kappa shape index (κ1) is 14.8. The highest BCUT2D eigenvalue weighted by Crippen LogP contribution is 2.11. The summed E-state index contributed by atoms with van der Waals surface area (Å²) in [5, 5.41) is 12.1. The van der Waals surface area contributed by atoms with Crippen molar-refractivity contribution in [3.05, 3.63) is 0 Å². The molecule has 1 rings (SSSR count). The third-order valence-corrected chi connectivity index (χ3v) is 3.27. The fourth-order valence-electron chi connectivity index (χ4n) is 2.28. The molecule has 3 nitrogen and oxygen atoms in total. The van der Waals surface area contributed by atoms with Crippen molar-refractivity contribution in [2.45, 2.75) is 51.2 Å². The van der Waals surface area contributed by atoms with Gasteiger partial charge in [-0.25, -0.2) is 8.78 Å². The molecule has 0 radical (unpaired) electrons. The largest absolute Gasteiger partial charge is 0.386 e. The molecular formula is C12H24F2N2O. The normalized spacial score (nSPS) is 24.9. The number of alkyl halides is 2. The molecule has 0 aromatic heterocycles. The molecule has 0 bridgehead atoms. The Balaban J connectivity index is 2.22. The van der Waals surface area contributed by atoms with Gasteiger partial charge in [0.25, 0.3) is 6.43 Å². The average molecular weight is 250 g/mol. The summed E-state index contributed by atoms with van der Waals surface area (Å²) in [6.07, 6.45) is 0.0615. The minimum atomic E-state index is -2.65. The molecule has 5 heteroatoms. The molecule has 0 saturated carbocycles. The molecule has 0 aromatic rings. The molecular weight excluding hydrogens is 226 g/mol. The maximum Gasteiger partial charge on any atom is 0.265 e. The van der Waals surface area contributed by atoms with Gasteiger partial charge in [-0.1, -0.05) is 6.92 Å². The molecule has 2 unspecified atom stereocenters. The molecule has 1 aliphatic heterocycles. The predicted molar refractivity (Wildman–Crippen MR) is 64.4 cm³/mol. The number of nitrogens with zero attached hydrogens (tertiary/aromatic N) is 1. The molecule has 0 aromatic carbocycles. The summed E-state index contributed by atoms with van der Waals surface area (Å²) in [4.78, 5) is 2.42. The molecule has 0 spiro atoms. The van der Waals surface area contributed by atoms with E-state index in [-0.39, 0.29) is 12.6 Å². The number of rotatable bonds is 6. The summed E-state index contributed by atoms with van der Waals surface area (Å²) < 4.78 is 24.3. The van der Waals surface area contributed by atoms with Crippen LogP contribution in [0.15, 0.2) is 0 Å². The quantitative estimate of drug-likeness (QED) is 0.749. The Bertz CT molecular complexity index is 205. The monoisotopic (exact) mass is 250 g/mol. The average Bonchev–Trinajstić information content (AvgIpc) is 2.52. The van der Waals surface area contributed by atoms with E-state index in [0.717, 1.165) is 45.3 Å². The van der Waals surface area contributed by atoms with Gasteiger partial charge >= 0.3 is 0 Å². The minimum Gasteiger partial charge on any atom is -0.386 e. The molecule has 2 N–H and O–H groups in total. The lowest BCUT2D eigenvalue weighted by Gasteiger charge is -2.20. The van der Waals surface area contributed by atoms with Crippen molar-refractivity contribution in [3.8, 4) is 0 Å². The zero-order chi connectivity index (χ0) is 12.7. The Kier molecular flexibility index (Phi) is 6.92. The molecule has 0 aliphatic carbocycles. The lowest BCUT2D eigenvalue weighted by Crippen LogP contribution is -2.39. The minimum absolute atomic E-state index is 0.00386. The van der Waals surface area contributed by atoms with E-state index >= 15 is 0 Å². The number of nitrogens with one attached hydrogen (secondary N) is 1. The molecule has 1 heterocycles. The van der Waals surface area contributed by atoms with Gasteiger partial charge in [0.15, 0.2) is 0 Å². The molecule has 102 valence electrons. The van der Waals surface area contributed by atoms with Crippen LogP contribution in [0.4, 0.5) is 8.78 Å². The van der Waals surface area contributed by atoms with E-state index in [0.29, 0.717) is 0 Å². The predicted octanol–water partition coefficient (Wildman–Crippen LogP) is 1.47. The number of aliphatic hydroxyl groups excluding tert-OH is 1. The van der Waals surface area contributed by atoms with E-state index in [1.807, 2.05) is 0 Å². The van der Waals surface area contributed by atoms with Crippen LogP contribution in [0.3, 0.4) is 0 Å². The molecule has 1 aliphatic rings.